The van der Waals surface area contributed by atoms with Crippen LogP contribution in [0.15, 0.2) is 82.7 Å². The van der Waals surface area contributed by atoms with Gasteiger partial charge in [-0.3, -0.25) is 10.1 Å². The largest absolute Gasteiger partial charge is 0.493 e. The summed E-state index contributed by atoms with van der Waals surface area (Å²) in [6, 6.07) is 21.0. The van der Waals surface area contributed by atoms with Crippen molar-refractivity contribution < 1.29 is 14.3 Å². The lowest BCUT2D eigenvalue weighted by atomic mass is 10.2. The number of benzene rings is 3. The molecule has 0 radical (unpaired) electrons. The number of aromatic nitrogens is 1. The molecule has 0 aliphatic carbocycles. The van der Waals surface area contributed by atoms with Gasteiger partial charge in [-0.05, 0) is 57.4 Å². The van der Waals surface area contributed by atoms with E-state index in [1.807, 2.05) is 72.1 Å². The standard InChI is InChI=1S/C26H20BrClN2O3S/c1-32-23-14-18(13-21(27)25(23)33-15-17-5-3-2-4-6-17)7-12-24(31)30-26-29-22(16-34-26)19-8-10-20(28)11-9-19/h2-14,16H,15H2,1H3,(H,29,30,31)/b12-7+. The summed E-state index contributed by atoms with van der Waals surface area (Å²) >= 11 is 10.8. The molecule has 1 heterocycles. The summed E-state index contributed by atoms with van der Waals surface area (Å²) in [5, 5.41) is 5.86. The summed E-state index contributed by atoms with van der Waals surface area (Å²) in [6.07, 6.45) is 3.16. The van der Waals surface area contributed by atoms with Crippen LogP contribution in [0.25, 0.3) is 17.3 Å². The van der Waals surface area contributed by atoms with Crippen molar-refractivity contribution in [2.75, 3.05) is 12.4 Å². The zero-order valence-corrected chi connectivity index (χ0v) is 21.3. The third-order valence-corrected chi connectivity index (χ3v) is 6.38. The number of amides is 1. The number of ether oxygens (including phenoxy) is 2. The number of anilines is 1. The fourth-order valence-corrected chi connectivity index (χ4v) is 4.53. The first-order valence-corrected chi connectivity index (χ1v) is 12.3. The highest BCUT2D eigenvalue weighted by molar-refractivity contribution is 9.10. The van der Waals surface area contributed by atoms with E-state index in [9.17, 15) is 4.79 Å². The lowest BCUT2D eigenvalue weighted by Gasteiger charge is -2.13. The molecular weight excluding hydrogens is 536 g/mol. The zero-order valence-electron chi connectivity index (χ0n) is 18.1. The zero-order chi connectivity index (χ0) is 23.9. The molecule has 4 aromatic rings. The van der Waals surface area contributed by atoms with Crippen molar-refractivity contribution in [3.63, 3.8) is 0 Å². The average molecular weight is 556 g/mol. The first-order chi connectivity index (χ1) is 16.5. The van der Waals surface area contributed by atoms with Crippen LogP contribution in [0.5, 0.6) is 11.5 Å². The van der Waals surface area contributed by atoms with Crippen LogP contribution in [0.3, 0.4) is 0 Å². The monoisotopic (exact) mass is 554 g/mol. The van der Waals surface area contributed by atoms with Crippen molar-refractivity contribution in [2.24, 2.45) is 0 Å². The van der Waals surface area contributed by atoms with Gasteiger partial charge in [0.1, 0.15) is 6.61 Å². The van der Waals surface area contributed by atoms with Crippen LogP contribution in [0.1, 0.15) is 11.1 Å². The molecule has 3 aromatic carbocycles. The topological polar surface area (TPSA) is 60.5 Å². The van der Waals surface area contributed by atoms with Gasteiger partial charge >= 0.3 is 0 Å². The van der Waals surface area contributed by atoms with E-state index in [0.29, 0.717) is 28.3 Å². The fraction of sp³-hybridized carbons (Fsp3) is 0.0769. The maximum absolute atomic E-state index is 12.4. The fourth-order valence-electron chi connectivity index (χ4n) is 3.11. The van der Waals surface area contributed by atoms with E-state index in [0.717, 1.165) is 26.9 Å². The van der Waals surface area contributed by atoms with Crippen LogP contribution in [0.4, 0.5) is 5.13 Å². The average Bonchev–Trinajstić information content (AvgIpc) is 3.31. The number of halogens is 2. The second-order valence-corrected chi connectivity index (χ2v) is 9.32. The first kappa shape index (κ1) is 24.0. The summed E-state index contributed by atoms with van der Waals surface area (Å²) in [4.78, 5) is 16.9. The Morgan fingerprint density at radius 1 is 1.15 bits per heavy atom. The smallest absolute Gasteiger partial charge is 0.250 e. The van der Waals surface area contributed by atoms with E-state index in [1.165, 1.54) is 17.4 Å². The Kier molecular flexibility index (Phi) is 8.00. The van der Waals surface area contributed by atoms with Gasteiger partial charge in [-0.25, -0.2) is 4.98 Å². The van der Waals surface area contributed by atoms with E-state index < -0.39 is 0 Å². The minimum Gasteiger partial charge on any atom is -0.493 e. The van der Waals surface area contributed by atoms with Crippen LogP contribution < -0.4 is 14.8 Å². The summed E-state index contributed by atoms with van der Waals surface area (Å²) in [6.45, 7) is 0.416. The van der Waals surface area contributed by atoms with Crippen molar-refractivity contribution in [3.05, 3.63) is 98.8 Å². The van der Waals surface area contributed by atoms with Crippen molar-refractivity contribution in [2.45, 2.75) is 6.61 Å². The van der Waals surface area contributed by atoms with Crippen LogP contribution in [-0.4, -0.2) is 18.0 Å². The van der Waals surface area contributed by atoms with Crippen molar-refractivity contribution >= 4 is 56.0 Å². The minimum atomic E-state index is -0.281. The van der Waals surface area contributed by atoms with Gasteiger partial charge in [0.25, 0.3) is 0 Å². The second kappa shape index (κ2) is 11.3. The van der Waals surface area contributed by atoms with E-state index in [1.54, 1.807) is 13.2 Å². The van der Waals surface area contributed by atoms with Gasteiger partial charge in [0.05, 0.1) is 17.3 Å². The molecule has 1 aromatic heterocycles. The number of thiazole rings is 1. The molecule has 4 rings (SSSR count). The number of rotatable bonds is 8. The molecule has 5 nitrogen and oxygen atoms in total. The molecule has 0 unspecified atom stereocenters. The van der Waals surface area contributed by atoms with Gasteiger partial charge in [0.2, 0.25) is 5.91 Å². The molecule has 0 spiro atoms. The molecule has 1 N–H and O–H groups in total. The molecule has 0 atom stereocenters. The van der Waals surface area contributed by atoms with Crippen LogP contribution >= 0.6 is 38.9 Å². The lowest BCUT2D eigenvalue weighted by molar-refractivity contribution is -0.111. The Balaban J connectivity index is 1.41. The summed E-state index contributed by atoms with van der Waals surface area (Å²) in [5.41, 5.74) is 3.55. The molecule has 0 saturated carbocycles. The molecule has 34 heavy (non-hydrogen) atoms. The predicted molar refractivity (Wildman–Crippen MR) is 142 cm³/mol. The molecule has 172 valence electrons. The molecule has 0 aliphatic heterocycles. The predicted octanol–water partition coefficient (Wildman–Crippen LogP) is 7.47. The molecular formula is C26H20BrClN2O3S. The molecule has 0 aliphatic rings. The number of hydrogen-bond donors (Lipinski definition) is 1. The highest BCUT2D eigenvalue weighted by Crippen LogP contribution is 2.37. The Morgan fingerprint density at radius 2 is 1.91 bits per heavy atom. The van der Waals surface area contributed by atoms with E-state index >= 15 is 0 Å². The number of hydrogen-bond acceptors (Lipinski definition) is 5. The highest BCUT2D eigenvalue weighted by Gasteiger charge is 2.12. The molecule has 0 saturated heterocycles. The molecule has 1 amide bonds. The van der Waals surface area contributed by atoms with Crippen molar-refractivity contribution in [1.29, 1.82) is 0 Å². The third-order valence-electron chi connectivity index (χ3n) is 4.78. The SMILES string of the molecule is COc1cc(/C=C/C(=O)Nc2nc(-c3ccc(Cl)cc3)cs2)cc(Br)c1OCc1ccccc1. The van der Waals surface area contributed by atoms with Crippen LogP contribution in [0, 0.1) is 0 Å². The number of carbonyl (C=O) groups is 1. The Hall–Kier alpha value is -3.13. The van der Waals surface area contributed by atoms with Crippen LogP contribution in [0.2, 0.25) is 5.02 Å². The van der Waals surface area contributed by atoms with Crippen molar-refractivity contribution in [1.82, 2.24) is 4.98 Å². The maximum atomic E-state index is 12.4. The van der Waals surface area contributed by atoms with Gasteiger partial charge in [-0.15, -0.1) is 11.3 Å². The highest BCUT2D eigenvalue weighted by atomic mass is 79.9. The molecule has 0 bridgehead atoms. The lowest BCUT2D eigenvalue weighted by Crippen LogP contribution is -2.07. The van der Waals surface area contributed by atoms with E-state index in [-0.39, 0.29) is 5.91 Å². The Bertz CT molecular complexity index is 1310. The minimum absolute atomic E-state index is 0.281. The number of carbonyl (C=O) groups excluding carboxylic acids is 1. The first-order valence-electron chi connectivity index (χ1n) is 10.3. The Labute approximate surface area is 215 Å². The van der Waals surface area contributed by atoms with Gasteiger partial charge in [0.15, 0.2) is 16.6 Å². The van der Waals surface area contributed by atoms with Crippen molar-refractivity contribution in [3.8, 4) is 22.8 Å². The molecule has 0 fully saturated rings. The van der Waals surface area contributed by atoms with Gasteiger partial charge in [0, 0.05) is 22.0 Å². The van der Waals surface area contributed by atoms with Gasteiger partial charge in [-0.1, -0.05) is 54.1 Å². The van der Waals surface area contributed by atoms with E-state index in [2.05, 4.69) is 26.2 Å². The summed E-state index contributed by atoms with van der Waals surface area (Å²) in [7, 11) is 1.58. The number of nitrogens with one attached hydrogen (secondary N) is 1. The summed E-state index contributed by atoms with van der Waals surface area (Å²) in [5.74, 6) is 0.889. The van der Waals surface area contributed by atoms with Gasteiger partial charge in [-0.2, -0.15) is 0 Å². The Morgan fingerprint density at radius 3 is 2.65 bits per heavy atom. The molecule has 8 heteroatoms. The van der Waals surface area contributed by atoms with Gasteiger partial charge < -0.3 is 9.47 Å². The normalized spacial score (nSPS) is 10.9. The van der Waals surface area contributed by atoms with Crippen LogP contribution in [-0.2, 0) is 11.4 Å². The third kappa shape index (κ3) is 6.26. The quantitative estimate of drug-likeness (QED) is 0.229. The second-order valence-electron chi connectivity index (χ2n) is 7.18. The van der Waals surface area contributed by atoms with E-state index in [4.69, 9.17) is 21.1 Å². The number of methoxy groups -OCH3 is 1. The summed E-state index contributed by atoms with van der Waals surface area (Å²) < 4.78 is 12.2. The number of nitrogens with zero attached hydrogens (tertiary/aromatic N) is 1. The maximum Gasteiger partial charge on any atom is 0.250 e.